The Hall–Kier alpha value is -3.48. The molecule has 0 amide bonds. The minimum Gasteiger partial charge on any atom is -0.550 e. The largest absolute Gasteiger partial charge is 0.550 e. The van der Waals surface area contributed by atoms with Crippen LogP contribution in [0.5, 0.6) is 11.6 Å². The molecule has 0 spiro atoms. The third-order valence-corrected chi connectivity index (χ3v) is 6.93. The molecule has 34 heavy (non-hydrogen) atoms. The van der Waals surface area contributed by atoms with Crippen LogP contribution >= 0.6 is 0 Å². The highest BCUT2D eigenvalue weighted by atomic mass is 19.1. The van der Waals surface area contributed by atoms with Gasteiger partial charge in [-0.25, -0.2) is 9.37 Å². The van der Waals surface area contributed by atoms with Crippen molar-refractivity contribution in [3.05, 3.63) is 71.4 Å². The lowest BCUT2D eigenvalue weighted by molar-refractivity contribution is -0.311. The maximum Gasteiger partial charge on any atom is 0.213 e. The van der Waals surface area contributed by atoms with E-state index < -0.39 is 17.7 Å². The quantitative estimate of drug-likeness (QED) is 0.523. The van der Waals surface area contributed by atoms with E-state index in [1.807, 2.05) is 30.3 Å². The average Bonchev–Trinajstić information content (AvgIpc) is 3.69. The zero-order valence-electron chi connectivity index (χ0n) is 19.2. The Bertz CT molecular complexity index is 1210. The van der Waals surface area contributed by atoms with Gasteiger partial charge in [-0.05, 0) is 60.8 Å². The summed E-state index contributed by atoms with van der Waals surface area (Å²) in [5, 5.41) is 11.6. The molecule has 3 heterocycles. The van der Waals surface area contributed by atoms with Crippen molar-refractivity contribution in [2.24, 2.45) is 11.8 Å². The van der Waals surface area contributed by atoms with E-state index in [-0.39, 0.29) is 12.0 Å². The number of hydrogen-bond donors (Lipinski definition) is 0. The van der Waals surface area contributed by atoms with E-state index in [2.05, 4.69) is 9.97 Å². The number of carbonyl (C=O) groups is 1. The number of aryl methyl sites for hydroxylation is 1. The highest BCUT2D eigenvalue weighted by Crippen LogP contribution is 2.48. The van der Waals surface area contributed by atoms with E-state index in [1.165, 1.54) is 7.11 Å². The number of fused-ring (bicyclic) bond motifs is 1. The molecular weight excluding hydrogens is 435 g/mol. The van der Waals surface area contributed by atoms with Gasteiger partial charge in [0.15, 0.2) is 0 Å². The van der Waals surface area contributed by atoms with Crippen LogP contribution in [0.1, 0.15) is 55.0 Å². The number of pyridine rings is 2. The number of halogens is 1. The number of carboxylic acids is 1. The van der Waals surface area contributed by atoms with Crippen molar-refractivity contribution in [1.82, 2.24) is 9.97 Å². The van der Waals surface area contributed by atoms with E-state index in [1.54, 1.807) is 19.2 Å². The van der Waals surface area contributed by atoms with Crippen molar-refractivity contribution in [3.8, 4) is 22.8 Å². The van der Waals surface area contributed by atoms with Crippen LogP contribution in [-0.4, -0.2) is 23.0 Å². The van der Waals surface area contributed by atoms with Gasteiger partial charge in [0.1, 0.15) is 17.7 Å². The molecule has 6 nitrogen and oxygen atoms in total. The minimum absolute atomic E-state index is 0.0658. The Morgan fingerprint density at radius 3 is 2.65 bits per heavy atom. The van der Waals surface area contributed by atoms with Gasteiger partial charge in [-0.3, -0.25) is 4.98 Å². The van der Waals surface area contributed by atoms with E-state index in [4.69, 9.17) is 9.47 Å². The molecule has 1 saturated carbocycles. The number of aliphatic carboxylic acids is 1. The molecule has 7 heteroatoms. The first-order valence-corrected chi connectivity index (χ1v) is 11.6. The summed E-state index contributed by atoms with van der Waals surface area (Å²) in [6.07, 6.45) is 6.24. The van der Waals surface area contributed by atoms with Gasteiger partial charge in [0, 0.05) is 35.3 Å². The van der Waals surface area contributed by atoms with Crippen molar-refractivity contribution in [2.45, 2.75) is 44.6 Å². The Kier molecular flexibility index (Phi) is 5.94. The van der Waals surface area contributed by atoms with Gasteiger partial charge in [-0.1, -0.05) is 25.1 Å². The lowest BCUT2D eigenvalue weighted by atomic mass is 9.82. The average molecular weight is 462 g/mol. The Balaban J connectivity index is 1.37. The molecule has 0 radical (unpaired) electrons. The number of methoxy groups -OCH3 is 1. The fraction of sp³-hybridized carbons (Fsp3) is 0.370. The molecule has 3 aromatic rings. The van der Waals surface area contributed by atoms with Gasteiger partial charge in [0.2, 0.25) is 5.88 Å². The Morgan fingerprint density at radius 2 is 1.97 bits per heavy atom. The molecule has 2 aliphatic rings. The van der Waals surface area contributed by atoms with E-state index >= 15 is 0 Å². The highest BCUT2D eigenvalue weighted by molar-refractivity contribution is 5.69. The zero-order valence-corrected chi connectivity index (χ0v) is 19.2. The molecule has 1 unspecified atom stereocenters. The summed E-state index contributed by atoms with van der Waals surface area (Å²) >= 11 is 0. The number of aromatic nitrogens is 2. The zero-order chi connectivity index (χ0) is 23.8. The fourth-order valence-electron chi connectivity index (χ4n) is 4.88. The lowest BCUT2D eigenvalue weighted by Gasteiger charge is -2.29. The van der Waals surface area contributed by atoms with Gasteiger partial charge < -0.3 is 19.4 Å². The summed E-state index contributed by atoms with van der Waals surface area (Å²) in [4.78, 5) is 20.0. The van der Waals surface area contributed by atoms with E-state index in [9.17, 15) is 14.3 Å². The van der Waals surface area contributed by atoms with Crippen molar-refractivity contribution in [2.75, 3.05) is 7.11 Å². The van der Waals surface area contributed by atoms with Gasteiger partial charge in [0.25, 0.3) is 0 Å². The molecule has 0 bridgehead atoms. The molecule has 176 valence electrons. The van der Waals surface area contributed by atoms with E-state index in [0.29, 0.717) is 22.9 Å². The number of carbonyl (C=O) groups excluding carboxylic acids is 1. The number of ether oxygens (including phenoxy) is 2. The molecule has 1 aliphatic heterocycles. The number of rotatable bonds is 7. The van der Waals surface area contributed by atoms with Gasteiger partial charge in [-0.15, -0.1) is 0 Å². The van der Waals surface area contributed by atoms with Crippen LogP contribution in [0.25, 0.3) is 11.1 Å². The van der Waals surface area contributed by atoms with Crippen molar-refractivity contribution < 1.29 is 23.8 Å². The second kappa shape index (κ2) is 9.05. The summed E-state index contributed by atoms with van der Waals surface area (Å²) in [5.41, 5.74) is 3.87. The summed E-state index contributed by atoms with van der Waals surface area (Å²) in [5.74, 6) is -0.577. The molecule has 1 aliphatic carbocycles. The first kappa shape index (κ1) is 22.3. The topological polar surface area (TPSA) is 84.4 Å². The molecule has 3 atom stereocenters. The number of nitrogens with zero attached hydrogens (tertiary/aromatic N) is 2. The van der Waals surface area contributed by atoms with Crippen LogP contribution in [-0.2, 0) is 11.2 Å². The first-order chi connectivity index (χ1) is 16.4. The Morgan fingerprint density at radius 1 is 1.15 bits per heavy atom. The normalized spacial score (nSPS) is 19.0. The molecular formula is C27H26FN2O4-. The minimum atomic E-state index is -1.01. The lowest BCUT2D eigenvalue weighted by Crippen LogP contribution is -2.34. The van der Waals surface area contributed by atoms with Gasteiger partial charge in [0.05, 0.1) is 19.0 Å². The second-order valence-electron chi connectivity index (χ2n) is 9.16. The monoisotopic (exact) mass is 461 g/mol. The summed E-state index contributed by atoms with van der Waals surface area (Å²) in [6.45, 7) is 1.73. The Labute approximate surface area is 197 Å². The van der Waals surface area contributed by atoms with Gasteiger partial charge in [-0.2, -0.15) is 0 Å². The summed E-state index contributed by atoms with van der Waals surface area (Å²) < 4.78 is 25.7. The maximum absolute atomic E-state index is 14.3. The maximum atomic E-state index is 14.3. The molecule has 0 N–H and O–H groups in total. The predicted octanol–water partition coefficient (Wildman–Crippen LogP) is 4.24. The van der Waals surface area contributed by atoms with Crippen LogP contribution in [0.3, 0.4) is 0 Å². The number of benzene rings is 1. The number of hydrogen-bond acceptors (Lipinski definition) is 6. The standard InChI is InChI=1S/C27H27FN2O4/c1-15(27(31)32)26(17-4-5-17)18-6-3-16-8-10-23(34-24(16)11-18)22-9-7-19(13-29-22)20-12-25(33-2)30-14-21(20)28/h3,6-7,9,11-15,17,23,26H,4-5,8,10H2,1-2H3,(H,31,32)/p-1/t15-,23?,26-/m0/s1. The molecule has 0 saturated heterocycles. The van der Waals surface area contributed by atoms with Crippen LogP contribution in [0.4, 0.5) is 4.39 Å². The van der Waals surface area contributed by atoms with Crippen molar-refractivity contribution in [3.63, 3.8) is 0 Å². The second-order valence-corrected chi connectivity index (χ2v) is 9.16. The van der Waals surface area contributed by atoms with E-state index in [0.717, 1.165) is 54.5 Å². The molecule has 1 aromatic carbocycles. The van der Waals surface area contributed by atoms with Crippen LogP contribution < -0.4 is 14.6 Å². The van der Waals surface area contributed by atoms with Crippen LogP contribution in [0.15, 0.2) is 48.8 Å². The van der Waals surface area contributed by atoms with Gasteiger partial charge >= 0.3 is 0 Å². The smallest absolute Gasteiger partial charge is 0.213 e. The third-order valence-electron chi connectivity index (χ3n) is 6.93. The first-order valence-electron chi connectivity index (χ1n) is 11.6. The van der Waals surface area contributed by atoms with Crippen molar-refractivity contribution in [1.29, 1.82) is 0 Å². The molecule has 5 rings (SSSR count). The highest BCUT2D eigenvalue weighted by Gasteiger charge is 2.37. The summed E-state index contributed by atoms with van der Waals surface area (Å²) in [6, 6.07) is 11.3. The number of carboxylic acid groups (broad SMARTS) is 1. The molecule has 2 aromatic heterocycles. The predicted molar refractivity (Wildman–Crippen MR) is 122 cm³/mol. The van der Waals surface area contributed by atoms with Crippen molar-refractivity contribution >= 4 is 5.97 Å². The third kappa shape index (κ3) is 4.34. The fourth-order valence-corrected chi connectivity index (χ4v) is 4.88. The summed E-state index contributed by atoms with van der Waals surface area (Å²) in [7, 11) is 1.49. The van der Waals surface area contributed by atoms with Crippen LogP contribution in [0, 0.1) is 17.7 Å². The molecule has 1 fully saturated rings. The van der Waals surface area contributed by atoms with Crippen LogP contribution in [0.2, 0.25) is 0 Å². The SMILES string of the molecule is COc1cc(-c2ccc(C3CCc4ccc([C@H](C5CC5)[C@H](C)C(=O)[O-])cc4O3)nc2)c(F)cn1.